The number of hydrogen-bond donors (Lipinski definition) is 0. The summed E-state index contributed by atoms with van der Waals surface area (Å²) in [6.45, 7) is 7.36. The number of nitrogens with zero attached hydrogens (tertiary/aromatic N) is 1. The van der Waals surface area contributed by atoms with Crippen LogP contribution in [0.4, 0.5) is 0 Å². The van der Waals surface area contributed by atoms with Crippen LogP contribution in [0.5, 0.6) is 0 Å². The highest BCUT2D eigenvalue weighted by atomic mass is 35.5. The zero-order valence-corrected chi connectivity index (χ0v) is 16.5. The highest BCUT2D eigenvalue weighted by Crippen LogP contribution is 2.47. The van der Waals surface area contributed by atoms with E-state index in [2.05, 4.69) is 6.92 Å². The molecule has 134 valence electrons. The van der Waals surface area contributed by atoms with Crippen LogP contribution in [-0.2, 0) is 11.3 Å². The SMILES string of the molecule is CCCCCC[C@@]1(Cl)C(=O)N(Cc2ccccc2)C[C@@H]1C(C)(C)Cl. The number of hydrogen-bond acceptors (Lipinski definition) is 1. The van der Waals surface area contributed by atoms with Gasteiger partial charge < -0.3 is 4.90 Å². The first-order chi connectivity index (χ1) is 11.3. The predicted molar refractivity (Wildman–Crippen MR) is 103 cm³/mol. The van der Waals surface area contributed by atoms with E-state index in [-0.39, 0.29) is 11.8 Å². The zero-order chi connectivity index (χ0) is 17.8. The topological polar surface area (TPSA) is 20.3 Å². The van der Waals surface area contributed by atoms with E-state index in [0.29, 0.717) is 19.5 Å². The molecule has 0 N–H and O–H groups in total. The maximum absolute atomic E-state index is 13.1. The maximum atomic E-state index is 13.1. The highest BCUT2D eigenvalue weighted by Gasteiger charge is 2.56. The summed E-state index contributed by atoms with van der Waals surface area (Å²) in [6, 6.07) is 10.1. The van der Waals surface area contributed by atoms with Gasteiger partial charge in [-0.05, 0) is 25.8 Å². The van der Waals surface area contributed by atoms with Gasteiger partial charge in [0.05, 0.1) is 0 Å². The van der Waals surface area contributed by atoms with Crippen molar-refractivity contribution in [2.75, 3.05) is 6.54 Å². The Labute approximate surface area is 156 Å². The van der Waals surface area contributed by atoms with Crippen molar-refractivity contribution < 1.29 is 4.79 Å². The molecule has 1 fully saturated rings. The third-order valence-electron chi connectivity index (χ3n) is 5.04. The Morgan fingerprint density at radius 2 is 1.88 bits per heavy atom. The van der Waals surface area contributed by atoms with Gasteiger partial charge >= 0.3 is 0 Å². The van der Waals surface area contributed by atoms with Crippen LogP contribution in [0.15, 0.2) is 30.3 Å². The number of alkyl halides is 2. The fraction of sp³-hybridized carbons (Fsp3) is 0.650. The van der Waals surface area contributed by atoms with E-state index >= 15 is 0 Å². The lowest BCUT2D eigenvalue weighted by molar-refractivity contribution is -0.130. The minimum absolute atomic E-state index is 0.0447. The van der Waals surface area contributed by atoms with Crippen molar-refractivity contribution in [1.29, 1.82) is 0 Å². The summed E-state index contributed by atoms with van der Waals surface area (Å²) in [4.78, 5) is 13.6. The molecule has 1 aromatic carbocycles. The van der Waals surface area contributed by atoms with E-state index < -0.39 is 9.75 Å². The van der Waals surface area contributed by atoms with Crippen LogP contribution in [0.2, 0.25) is 0 Å². The molecule has 1 heterocycles. The maximum Gasteiger partial charge on any atom is 0.244 e. The molecule has 1 aliphatic heterocycles. The van der Waals surface area contributed by atoms with Gasteiger partial charge in [0.25, 0.3) is 0 Å². The number of rotatable bonds is 8. The Bertz CT molecular complexity index is 540. The average molecular weight is 370 g/mol. The summed E-state index contributed by atoms with van der Waals surface area (Å²) in [5.74, 6) is -0.00517. The Hall–Kier alpha value is -0.730. The van der Waals surface area contributed by atoms with Crippen molar-refractivity contribution in [3.63, 3.8) is 0 Å². The highest BCUT2D eigenvalue weighted by molar-refractivity contribution is 6.37. The molecule has 24 heavy (non-hydrogen) atoms. The summed E-state index contributed by atoms with van der Waals surface area (Å²) in [6.07, 6.45) is 5.16. The molecule has 0 unspecified atom stereocenters. The van der Waals surface area contributed by atoms with E-state index in [9.17, 15) is 4.79 Å². The van der Waals surface area contributed by atoms with Gasteiger partial charge in [0, 0.05) is 23.9 Å². The molecule has 2 atom stereocenters. The van der Waals surface area contributed by atoms with Crippen molar-refractivity contribution in [3.8, 4) is 0 Å². The summed E-state index contributed by atoms with van der Waals surface area (Å²) in [7, 11) is 0. The molecule has 1 amide bonds. The molecule has 1 aromatic rings. The molecule has 2 nitrogen and oxygen atoms in total. The molecular weight excluding hydrogens is 341 g/mol. The minimum Gasteiger partial charge on any atom is -0.336 e. The fourth-order valence-corrected chi connectivity index (χ4v) is 4.56. The van der Waals surface area contributed by atoms with Crippen LogP contribution in [0.25, 0.3) is 0 Å². The Kier molecular flexibility index (Phi) is 6.61. The first-order valence-corrected chi connectivity index (χ1v) is 9.75. The van der Waals surface area contributed by atoms with Crippen LogP contribution in [0, 0.1) is 5.92 Å². The van der Waals surface area contributed by atoms with Crippen molar-refractivity contribution in [3.05, 3.63) is 35.9 Å². The van der Waals surface area contributed by atoms with Crippen molar-refractivity contribution in [2.24, 2.45) is 5.92 Å². The number of amides is 1. The number of benzene rings is 1. The lowest BCUT2D eigenvalue weighted by atomic mass is 9.81. The number of unbranched alkanes of at least 4 members (excludes halogenated alkanes) is 3. The smallest absolute Gasteiger partial charge is 0.244 e. The zero-order valence-electron chi connectivity index (χ0n) is 15.0. The van der Waals surface area contributed by atoms with Gasteiger partial charge in [-0.3, -0.25) is 4.79 Å². The van der Waals surface area contributed by atoms with Crippen LogP contribution < -0.4 is 0 Å². The largest absolute Gasteiger partial charge is 0.336 e. The second-order valence-electron chi connectivity index (χ2n) is 7.46. The molecule has 0 radical (unpaired) electrons. The van der Waals surface area contributed by atoms with Crippen LogP contribution >= 0.6 is 23.2 Å². The monoisotopic (exact) mass is 369 g/mol. The predicted octanol–water partition coefficient (Wildman–Crippen LogP) is 5.61. The average Bonchev–Trinajstić information content (AvgIpc) is 2.78. The van der Waals surface area contributed by atoms with Crippen LogP contribution in [-0.4, -0.2) is 27.1 Å². The van der Waals surface area contributed by atoms with E-state index in [1.807, 2.05) is 49.1 Å². The molecule has 1 saturated heterocycles. The van der Waals surface area contributed by atoms with Crippen LogP contribution in [0.3, 0.4) is 0 Å². The molecule has 0 aromatic heterocycles. The summed E-state index contributed by atoms with van der Waals surface area (Å²) >= 11 is 13.6. The van der Waals surface area contributed by atoms with Gasteiger partial charge in [0.15, 0.2) is 0 Å². The van der Waals surface area contributed by atoms with Gasteiger partial charge in [-0.25, -0.2) is 0 Å². The van der Waals surface area contributed by atoms with Gasteiger partial charge in [0.1, 0.15) is 4.87 Å². The van der Waals surface area contributed by atoms with Gasteiger partial charge in [-0.15, -0.1) is 23.2 Å². The lowest BCUT2D eigenvalue weighted by Gasteiger charge is -2.33. The standard InChI is InChI=1S/C20H29Cl2NO/c1-4-5-6-10-13-20(22)17(19(2,3)21)15-23(18(20)24)14-16-11-8-7-9-12-16/h7-9,11-12,17H,4-6,10,13-15H2,1-3H3/t17-,20+/m1/s1. The normalized spacial score (nSPS) is 24.6. The minimum atomic E-state index is -0.867. The van der Waals surface area contributed by atoms with Crippen LogP contribution in [0.1, 0.15) is 58.4 Å². The molecule has 0 bridgehead atoms. The first kappa shape index (κ1) is 19.6. The van der Waals surface area contributed by atoms with Crippen molar-refractivity contribution in [2.45, 2.75) is 69.2 Å². The number of halogens is 2. The van der Waals surface area contributed by atoms with E-state index in [1.165, 1.54) is 12.8 Å². The van der Waals surface area contributed by atoms with Crippen molar-refractivity contribution in [1.82, 2.24) is 4.90 Å². The van der Waals surface area contributed by atoms with Gasteiger partial charge in [-0.2, -0.15) is 0 Å². The first-order valence-electron chi connectivity index (χ1n) is 9.00. The number of carbonyl (C=O) groups is 1. The van der Waals surface area contributed by atoms with E-state index in [1.54, 1.807) is 0 Å². The van der Waals surface area contributed by atoms with Gasteiger partial charge in [-0.1, -0.05) is 62.9 Å². The molecule has 4 heteroatoms. The second kappa shape index (κ2) is 8.10. The third kappa shape index (κ3) is 4.46. The molecule has 0 aliphatic carbocycles. The Morgan fingerprint density at radius 3 is 2.46 bits per heavy atom. The Morgan fingerprint density at radius 1 is 1.21 bits per heavy atom. The van der Waals surface area contributed by atoms with E-state index in [0.717, 1.165) is 18.4 Å². The number of likely N-dealkylation sites (tertiary alicyclic amines) is 1. The molecule has 0 spiro atoms. The van der Waals surface area contributed by atoms with Gasteiger partial charge in [0.2, 0.25) is 5.91 Å². The summed E-state index contributed by atoms with van der Waals surface area (Å²) in [5.41, 5.74) is 1.13. The quantitative estimate of drug-likeness (QED) is 0.430. The summed E-state index contributed by atoms with van der Waals surface area (Å²) in [5, 5.41) is 0. The number of carbonyl (C=O) groups excluding carboxylic acids is 1. The second-order valence-corrected chi connectivity index (χ2v) is 9.11. The Balaban J connectivity index is 2.15. The van der Waals surface area contributed by atoms with Crippen molar-refractivity contribution >= 4 is 29.1 Å². The fourth-order valence-electron chi connectivity index (χ4n) is 3.65. The van der Waals surface area contributed by atoms with E-state index in [4.69, 9.17) is 23.2 Å². The molecule has 0 saturated carbocycles. The molecular formula is C20H29Cl2NO. The summed E-state index contributed by atoms with van der Waals surface area (Å²) < 4.78 is 0. The third-order valence-corrected chi connectivity index (χ3v) is 5.91. The lowest BCUT2D eigenvalue weighted by Crippen LogP contribution is -2.44. The molecule has 2 rings (SSSR count). The molecule has 1 aliphatic rings.